The summed E-state index contributed by atoms with van der Waals surface area (Å²) in [5.74, 6) is -0.792. The van der Waals surface area contributed by atoms with E-state index in [-0.39, 0.29) is 11.5 Å². The first-order valence-corrected chi connectivity index (χ1v) is 7.82. The minimum atomic E-state index is -0.966. The van der Waals surface area contributed by atoms with Crippen LogP contribution < -0.4 is 4.74 Å². The second-order valence-corrected chi connectivity index (χ2v) is 5.55. The fourth-order valence-electron chi connectivity index (χ4n) is 2.84. The highest BCUT2D eigenvalue weighted by Crippen LogP contribution is 2.24. The van der Waals surface area contributed by atoms with Crippen LogP contribution in [0.25, 0.3) is 0 Å². The molecule has 2 aromatic rings. The Bertz CT molecular complexity index is 788. The van der Waals surface area contributed by atoms with Crippen molar-refractivity contribution >= 4 is 11.9 Å². The van der Waals surface area contributed by atoms with Gasteiger partial charge in [0.15, 0.2) is 0 Å². The van der Waals surface area contributed by atoms with Crippen LogP contribution >= 0.6 is 0 Å². The van der Waals surface area contributed by atoms with E-state index in [4.69, 9.17) is 9.84 Å². The number of ether oxygens (including phenoxy) is 1. The zero-order valence-electron chi connectivity index (χ0n) is 13.4. The molecule has 1 amide bonds. The van der Waals surface area contributed by atoms with Gasteiger partial charge in [0.2, 0.25) is 5.88 Å². The standard InChI is InChI=1S/C18H18N2O4/c1-2-24-16-15(4-3-8-19-16)17(21)20-9-7-12-5-6-13(18(22)23)10-14(12)11-20/h3-6,8,10H,2,7,9,11H2,1H3,(H,22,23). The van der Waals surface area contributed by atoms with E-state index in [1.807, 2.05) is 13.0 Å². The number of fused-ring (bicyclic) bond motifs is 1. The van der Waals surface area contributed by atoms with Gasteiger partial charge in [-0.1, -0.05) is 6.07 Å². The van der Waals surface area contributed by atoms with Gasteiger partial charge in [-0.25, -0.2) is 9.78 Å². The smallest absolute Gasteiger partial charge is 0.335 e. The quantitative estimate of drug-likeness (QED) is 0.933. The highest BCUT2D eigenvalue weighted by molar-refractivity contribution is 5.96. The average molecular weight is 326 g/mol. The summed E-state index contributed by atoms with van der Waals surface area (Å²) < 4.78 is 5.43. The van der Waals surface area contributed by atoms with Crippen molar-refractivity contribution in [3.05, 3.63) is 58.8 Å². The topological polar surface area (TPSA) is 79.7 Å². The number of nitrogens with zero attached hydrogens (tertiary/aromatic N) is 2. The Morgan fingerprint density at radius 1 is 1.29 bits per heavy atom. The van der Waals surface area contributed by atoms with Gasteiger partial charge in [0.05, 0.1) is 12.2 Å². The highest BCUT2D eigenvalue weighted by atomic mass is 16.5. The van der Waals surface area contributed by atoms with Crippen molar-refractivity contribution in [1.82, 2.24) is 9.88 Å². The Kier molecular flexibility index (Phi) is 4.46. The zero-order chi connectivity index (χ0) is 17.1. The second-order valence-electron chi connectivity index (χ2n) is 5.55. The largest absolute Gasteiger partial charge is 0.478 e. The molecule has 1 aliphatic heterocycles. The molecule has 0 bridgehead atoms. The van der Waals surface area contributed by atoms with Crippen molar-refractivity contribution in [2.75, 3.05) is 13.2 Å². The molecule has 1 aromatic carbocycles. The number of hydrogen-bond donors (Lipinski definition) is 1. The summed E-state index contributed by atoms with van der Waals surface area (Å²) >= 11 is 0. The number of aromatic nitrogens is 1. The molecule has 0 fully saturated rings. The Morgan fingerprint density at radius 3 is 2.88 bits per heavy atom. The molecule has 6 heteroatoms. The van der Waals surface area contributed by atoms with Gasteiger partial charge >= 0.3 is 5.97 Å². The van der Waals surface area contributed by atoms with Crippen LogP contribution in [-0.2, 0) is 13.0 Å². The third-order valence-electron chi connectivity index (χ3n) is 4.04. The van der Waals surface area contributed by atoms with E-state index < -0.39 is 5.97 Å². The van der Waals surface area contributed by atoms with Crippen LogP contribution in [0.2, 0.25) is 0 Å². The van der Waals surface area contributed by atoms with Crippen molar-refractivity contribution in [2.45, 2.75) is 19.9 Å². The molecule has 0 spiro atoms. The van der Waals surface area contributed by atoms with Crippen molar-refractivity contribution in [3.63, 3.8) is 0 Å². The van der Waals surface area contributed by atoms with Gasteiger partial charge in [0.25, 0.3) is 5.91 Å². The van der Waals surface area contributed by atoms with Gasteiger partial charge in [-0.3, -0.25) is 4.79 Å². The van der Waals surface area contributed by atoms with Gasteiger partial charge in [0, 0.05) is 19.3 Å². The van der Waals surface area contributed by atoms with Gasteiger partial charge < -0.3 is 14.7 Å². The van der Waals surface area contributed by atoms with Crippen molar-refractivity contribution < 1.29 is 19.4 Å². The number of carboxylic acids is 1. The van der Waals surface area contributed by atoms with E-state index >= 15 is 0 Å². The van der Waals surface area contributed by atoms with Crippen LogP contribution in [0.5, 0.6) is 5.88 Å². The minimum absolute atomic E-state index is 0.155. The lowest BCUT2D eigenvalue weighted by Gasteiger charge is -2.29. The molecule has 1 N–H and O–H groups in total. The molecule has 2 heterocycles. The fraction of sp³-hybridized carbons (Fsp3) is 0.278. The molecule has 0 atom stereocenters. The number of amides is 1. The number of hydrogen-bond acceptors (Lipinski definition) is 4. The average Bonchev–Trinajstić information content (AvgIpc) is 2.61. The maximum atomic E-state index is 12.8. The second kappa shape index (κ2) is 6.70. The summed E-state index contributed by atoms with van der Waals surface area (Å²) in [4.78, 5) is 29.8. The zero-order valence-corrected chi connectivity index (χ0v) is 13.4. The van der Waals surface area contributed by atoms with E-state index in [9.17, 15) is 9.59 Å². The normalized spacial score (nSPS) is 13.3. The van der Waals surface area contributed by atoms with E-state index in [2.05, 4.69) is 4.98 Å². The summed E-state index contributed by atoms with van der Waals surface area (Å²) in [6.07, 6.45) is 2.29. The molecule has 0 aliphatic carbocycles. The SMILES string of the molecule is CCOc1ncccc1C(=O)N1CCc2ccc(C(=O)O)cc2C1. The number of benzene rings is 1. The number of carbonyl (C=O) groups is 2. The van der Waals surface area contributed by atoms with Crippen LogP contribution in [0.15, 0.2) is 36.5 Å². The molecule has 0 saturated carbocycles. The lowest BCUT2D eigenvalue weighted by Crippen LogP contribution is -2.36. The Labute approximate surface area is 139 Å². The summed E-state index contributed by atoms with van der Waals surface area (Å²) in [5, 5.41) is 9.13. The summed E-state index contributed by atoms with van der Waals surface area (Å²) in [5.41, 5.74) is 2.62. The first-order chi connectivity index (χ1) is 11.6. The Hall–Kier alpha value is -2.89. The molecule has 3 rings (SSSR count). The van der Waals surface area contributed by atoms with Crippen LogP contribution in [0.3, 0.4) is 0 Å². The van der Waals surface area contributed by atoms with Gasteiger partial charge in [0.1, 0.15) is 5.56 Å². The lowest BCUT2D eigenvalue weighted by atomic mass is 9.97. The maximum absolute atomic E-state index is 12.8. The van der Waals surface area contributed by atoms with Crippen LogP contribution in [0.4, 0.5) is 0 Å². The highest BCUT2D eigenvalue weighted by Gasteiger charge is 2.25. The summed E-state index contributed by atoms with van der Waals surface area (Å²) in [6.45, 7) is 3.24. The first kappa shape index (κ1) is 16.0. The molecule has 0 radical (unpaired) electrons. The van der Waals surface area contributed by atoms with Crippen LogP contribution in [0.1, 0.15) is 38.8 Å². The molecular formula is C18H18N2O4. The maximum Gasteiger partial charge on any atom is 0.335 e. The van der Waals surface area contributed by atoms with Gasteiger partial charge in [-0.15, -0.1) is 0 Å². The summed E-state index contributed by atoms with van der Waals surface area (Å²) in [6, 6.07) is 8.48. The van der Waals surface area contributed by atoms with Crippen LogP contribution in [0, 0.1) is 0 Å². The van der Waals surface area contributed by atoms with E-state index in [1.165, 1.54) is 0 Å². The Morgan fingerprint density at radius 2 is 2.12 bits per heavy atom. The van der Waals surface area contributed by atoms with Gasteiger partial charge in [-0.2, -0.15) is 0 Å². The molecule has 1 aliphatic rings. The van der Waals surface area contributed by atoms with Crippen molar-refractivity contribution in [3.8, 4) is 5.88 Å². The molecular weight excluding hydrogens is 308 g/mol. The Balaban J connectivity index is 1.86. The first-order valence-electron chi connectivity index (χ1n) is 7.82. The number of aromatic carboxylic acids is 1. The fourth-order valence-corrected chi connectivity index (χ4v) is 2.84. The van der Waals surface area contributed by atoms with E-state index in [1.54, 1.807) is 35.4 Å². The third-order valence-corrected chi connectivity index (χ3v) is 4.04. The molecule has 0 unspecified atom stereocenters. The van der Waals surface area contributed by atoms with Crippen LogP contribution in [-0.4, -0.2) is 40.0 Å². The van der Waals surface area contributed by atoms with Crippen molar-refractivity contribution in [1.29, 1.82) is 0 Å². The molecule has 6 nitrogen and oxygen atoms in total. The number of carboxylic acid groups (broad SMARTS) is 1. The van der Waals surface area contributed by atoms with E-state index in [0.29, 0.717) is 37.6 Å². The van der Waals surface area contributed by atoms with Gasteiger partial charge in [-0.05, 0) is 48.7 Å². The molecule has 124 valence electrons. The number of rotatable bonds is 4. The third kappa shape index (κ3) is 3.08. The monoisotopic (exact) mass is 326 g/mol. The molecule has 0 saturated heterocycles. The summed E-state index contributed by atoms with van der Waals surface area (Å²) in [7, 11) is 0. The predicted molar refractivity (Wildman–Crippen MR) is 87.3 cm³/mol. The van der Waals surface area contributed by atoms with Crippen molar-refractivity contribution in [2.24, 2.45) is 0 Å². The molecule has 24 heavy (non-hydrogen) atoms. The molecule has 1 aromatic heterocycles. The minimum Gasteiger partial charge on any atom is -0.478 e. The number of pyridine rings is 1. The lowest BCUT2D eigenvalue weighted by molar-refractivity contribution is 0.0696. The number of carbonyl (C=O) groups excluding carboxylic acids is 1. The predicted octanol–water partition coefficient (Wildman–Crippen LogP) is 2.38. The van der Waals surface area contributed by atoms with E-state index in [0.717, 1.165) is 11.1 Å².